The molecule has 162 valence electrons. The number of para-hydroxylation sites is 3. The molecule has 1 fully saturated rings. The molecular weight excluding hydrogens is 408 g/mol. The lowest BCUT2D eigenvalue weighted by molar-refractivity contribution is 0.102. The van der Waals surface area contributed by atoms with Crippen LogP contribution in [0.15, 0.2) is 54.6 Å². The van der Waals surface area contributed by atoms with E-state index >= 15 is 0 Å². The molecule has 31 heavy (non-hydrogen) atoms. The van der Waals surface area contributed by atoms with Crippen LogP contribution in [0, 0.1) is 0 Å². The number of nitrogens with zero attached hydrogens (tertiary/aromatic N) is 3. The molecule has 1 saturated heterocycles. The number of benzene rings is 2. The molecule has 7 heteroatoms. The number of hydrogen-bond acceptors (Lipinski definition) is 6. The zero-order valence-electron chi connectivity index (χ0n) is 18.0. The van der Waals surface area contributed by atoms with Crippen LogP contribution >= 0.6 is 11.3 Å². The van der Waals surface area contributed by atoms with Gasteiger partial charge >= 0.3 is 0 Å². The Morgan fingerprint density at radius 1 is 1.00 bits per heavy atom. The van der Waals surface area contributed by atoms with E-state index in [4.69, 9.17) is 9.72 Å². The molecule has 0 aliphatic carbocycles. The minimum Gasteiger partial charge on any atom is -0.492 e. The van der Waals surface area contributed by atoms with Crippen molar-refractivity contribution >= 4 is 33.8 Å². The highest BCUT2D eigenvalue weighted by Gasteiger charge is 2.24. The highest BCUT2D eigenvalue weighted by molar-refractivity contribution is 7.17. The standard InChI is InChI=1S/C24H28N4O2S/c1-3-19-22(23(29)25-18-10-6-5-7-11-18)31-24(26-19)28-16-14-27(15-17-28)20-12-8-9-13-21(20)30-4-2/h5-13H,3-4,14-17H2,1-2H3,(H,25,29). The van der Waals surface area contributed by atoms with Crippen molar-refractivity contribution in [2.75, 3.05) is 47.9 Å². The number of aromatic nitrogens is 1. The van der Waals surface area contributed by atoms with Crippen LogP contribution in [-0.2, 0) is 6.42 Å². The number of anilines is 3. The lowest BCUT2D eigenvalue weighted by atomic mass is 10.2. The summed E-state index contributed by atoms with van der Waals surface area (Å²) in [5, 5.41) is 3.91. The monoisotopic (exact) mass is 436 g/mol. The molecule has 6 nitrogen and oxygen atoms in total. The van der Waals surface area contributed by atoms with Crippen LogP contribution in [0.2, 0.25) is 0 Å². The molecule has 0 spiro atoms. The van der Waals surface area contributed by atoms with Crippen molar-refractivity contribution in [3.8, 4) is 5.75 Å². The highest BCUT2D eigenvalue weighted by atomic mass is 32.1. The predicted octanol–water partition coefficient (Wildman–Crippen LogP) is 4.68. The fraction of sp³-hybridized carbons (Fsp3) is 0.333. The number of nitrogens with one attached hydrogen (secondary N) is 1. The molecule has 1 aliphatic heterocycles. The largest absolute Gasteiger partial charge is 0.492 e. The maximum absolute atomic E-state index is 12.8. The molecule has 1 amide bonds. The maximum atomic E-state index is 12.8. The van der Waals surface area contributed by atoms with E-state index in [0.717, 1.165) is 60.5 Å². The van der Waals surface area contributed by atoms with E-state index in [1.807, 2.05) is 56.3 Å². The molecule has 3 aromatic rings. The number of carbonyl (C=O) groups is 1. The Hall–Kier alpha value is -3.06. The first-order valence-corrected chi connectivity index (χ1v) is 11.6. The van der Waals surface area contributed by atoms with Crippen molar-refractivity contribution in [1.29, 1.82) is 0 Å². The summed E-state index contributed by atoms with van der Waals surface area (Å²) in [6.07, 6.45) is 0.732. The van der Waals surface area contributed by atoms with E-state index in [1.54, 1.807) is 0 Å². The molecule has 1 aliphatic rings. The summed E-state index contributed by atoms with van der Waals surface area (Å²) in [7, 11) is 0. The van der Waals surface area contributed by atoms with Gasteiger partial charge in [-0.05, 0) is 37.6 Å². The predicted molar refractivity (Wildman–Crippen MR) is 128 cm³/mol. The van der Waals surface area contributed by atoms with Gasteiger partial charge in [-0.25, -0.2) is 4.98 Å². The van der Waals surface area contributed by atoms with Crippen LogP contribution < -0.4 is 19.9 Å². The highest BCUT2D eigenvalue weighted by Crippen LogP contribution is 2.32. The zero-order valence-corrected chi connectivity index (χ0v) is 18.8. The molecule has 0 radical (unpaired) electrons. The van der Waals surface area contributed by atoms with E-state index in [9.17, 15) is 4.79 Å². The van der Waals surface area contributed by atoms with Gasteiger partial charge in [0.05, 0.1) is 18.0 Å². The Morgan fingerprint density at radius 2 is 1.68 bits per heavy atom. The summed E-state index contributed by atoms with van der Waals surface area (Å²) >= 11 is 1.49. The average molecular weight is 437 g/mol. The Morgan fingerprint density at radius 3 is 2.39 bits per heavy atom. The first kappa shape index (κ1) is 21.2. The van der Waals surface area contributed by atoms with E-state index in [-0.39, 0.29) is 5.91 Å². The fourth-order valence-corrected chi connectivity index (χ4v) is 4.84. The van der Waals surface area contributed by atoms with Crippen LogP contribution in [-0.4, -0.2) is 43.7 Å². The van der Waals surface area contributed by atoms with Gasteiger partial charge in [-0.15, -0.1) is 0 Å². The Balaban J connectivity index is 1.45. The van der Waals surface area contributed by atoms with E-state index in [1.165, 1.54) is 11.3 Å². The van der Waals surface area contributed by atoms with Gasteiger partial charge in [0.25, 0.3) is 5.91 Å². The lowest BCUT2D eigenvalue weighted by Crippen LogP contribution is -2.46. The number of ether oxygens (including phenoxy) is 1. The number of carbonyl (C=O) groups excluding carboxylic acids is 1. The lowest BCUT2D eigenvalue weighted by Gasteiger charge is -2.36. The van der Waals surface area contributed by atoms with Gasteiger partial charge in [-0.3, -0.25) is 4.79 Å². The summed E-state index contributed by atoms with van der Waals surface area (Å²) in [6.45, 7) is 8.19. The third-order valence-corrected chi connectivity index (χ3v) is 6.47. The van der Waals surface area contributed by atoms with E-state index in [2.05, 4.69) is 27.2 Å². The van der Waals surface area contributed by atoms with Crippen molar-refractivity contribution < 1.29 is 9.53 Å². The number of hydrogen-bond donors (Lipinski definition) is 1. The van der Waals surface area contributed by atoms with Gasteiger partial charge < -0.3 is 19.9 Å². The smallest absolute Gasteiger partial charge is 0.267 e. The maximum Gasteiger partial charge on any atom is 0.267 e. The zero-order chi connectivity index (χ0) is 21.6. The van der Waals surface area contributed by atoms with Gasteiger partial charge in [0.2, 0.25) is 0 Å². The SMILES string of the molecule is CCOc1ccccc1N1CCN(c2nc(CC)c(C(=O)Nc3ccccc3)s2)CC1. The van der Waals surface area contributed by atoms with Gasteiger partial charge in [0.15, 0.2) is 5.13 Å². The molecule has 2 aromatic carbocycles. The van der Waals surface area contributed by atoms with Crippen LogP contribution in [0.5, 0.6) is 5.75 Å². The third kappa shape index (κ3) is 4.82. The normalized spacial score (nSPS) is 13.9. The minimum absolute atomic E-state index is 0.0870. The van der Waals surface area contributed by atoms with Crippen molar-refractivity contribution in [3.05, 3.63) is 65.2 Å². The Labute approximate surface area is 187 Å². The second-order valence-electron chi connectivity index (χ2n) is 7.32. The second-order valence-corrected chi connectivity index (χ2v) is 8.30. The van der Waals surface area contributed by atoms with Crippen molar-refractivity contribution in [1.82, 2.24) is 4.98 Å². The first-order chi connectivity index (χ1) is 15.2. The summed E-state index contributed by atoms with van der Waals surface area (Å²) in [6, 6.07) is 17.8. The molecule has 1 aromatic heterocycles. The van der Waals surface area contributed by atoms with Crippen LogP contribution in [0.1, 0.15) is 29.2 Å². The third-order valence-electron chi connectivity index (χ3n) is 5.31. The average Bonchev–Trinajstić information content (AvgIpc) is 3.25. The topological polar surface area (TPSA) is 57.7 Å². The van der Waals surface area contributed by atoms with Gasteiger partial charge in [-0.2, -0.15) is 0 Å². The molecule has 4 rings (SSSR count). The molecule has 0 unspecified atom stereocenters. The number of amides is 1. The Kier molecular flexibility index (Phi) is 6.72. The number of aryl methyl sites for hydroxylation is 1. The number of piperazine rings is 1. The summed E-state index contributed by atoms with van der Waals surface area (Å²) < 4.78 is 5.80. The quantitative estimate of drug-likeness (QED) is 0.583. The molecule has 0 bridgehead atoms. The van der Waals surface area contributed by atoms with Crippen molar-refractivity contribution in [3.63, 3.8) is 0 Å². The van der Waals surface area contributed by atoms with Crippen molar-refractivity contribution in [2.24, 2.45) is 0 Å². The van der Waals surface area contributed by atoms with E-state index in [0.29, 0.717) is 11.5 Å². The molecule has 1 N–H and O–H groups in total. The second kappa shape index (κ2) is 9.83. The van der Waals surface area contributed by atoms with Crippen LogP contribution in [0.3, 0.4) is 0 Å². The fourth-order valence-electron chi connectivity index (χ4n) is 3.74. The van der Waals surface area contributed by atoms with Gasteiger partial charge in [-0.1, -0.05) is 48.6 Å². The molecular formula is C24H28N4O2S. The molecule has 0 atom stereocenters. The van der Waals surface area contributed by atoms with Gasteiger partial charge in [0.1, 0.15) is 10.6 Å². The number of thiazole rings is 1. The van der Waals surface area contributed by atoms with Gasteiger partial charge in [0, 0.05) is 31.9 Å². The Bertz CT molecular complexity index is 1010. The molecule has 2 heterocycles. The molecule has 0 saturated carbocycles. The first-order valence-electron chi connectivity index (χ1n) is 10.8. The summed E-state index contributed by atoms with van der Waals surface area (Å²) in [5.41, 5.74) is 2.80. The minimum atomic E-state index is -0.0870. The number of rotatable bonds is 7. The van der Waals surface area contributed by atoms with Crippen molar-refractivity contribution in [2.45, 2.75) is 20.3 Å². The van der Waals surface area contributed by atoms with Crippen LogP contribution in [0.25, 0.3) is 0 Å². The van der Waals surface area contributed by atoms with Crippen LogP contribution in [0.4, 0.5) is 16.5 Å². The summed E-state index contributed by atoms with van der Waals surface area (Å²) in [4.78, 5) is 23.0. The summed E-state index contributed by atoms with van der Waals surface area (Å²) in [5.74, 6) is 0.844. The van der Waals surface area contributed by atoms with E-state index < -0.39 is 0 Å².